The van der Waals surface area contributed by atoms with Crippen molar-refractivity contribution in [3.63, 3.8) is 0 Å². The van der Waals surface area contributed by atoms with Crippen molar-refractivity contribution in [2.75, 3.05) is 18.8 Å². The van der Waals surface area contributed by atoms with Crippen molar-refractivity contribution in [1.29, 1.82) is 0 Å². The van der Waals surface area contributed by atoms with Gasteiger partial charge in [-0.25, -0.2) is 0 Å². The second-order valence-electron chi connectivity index (χ2n) is 5.70. The Morgan fingerprint density at radius 3 is 2.27 bits per heavy atom. The first-order valence-electron chi connectivity index (χ1n) is 7.62. The Bertz CT molecular complexity index is 704. The molecule has 0 unspecified atom stereocenters. The molecule has 1 saturated heterocycles. The Hall–Kier alpha value is -2.44. The van der Waals surface area contributed by atoms with Gasteiger partial charge in [-0.2, -0.15) is 0 Å². The van der Waals surface area contributed by atoms with E-state index in [1.54, 1.807) is 18.2 Å². The molecule has 3 nitrogen and oxygen atoms in total. The van der Waals surface area contributed by atoms with Crippen LogP contribution in [-0.2, 0) is 6.54 Å². The highest BCUT2D eigenvalue weighted by Crippen LogP contribution is 2.19. The zero-order valence-electron chi connectivity index (χ0n) is 12.5. The Balaban J connectivity index is 1.68. The molecule has 1 aliphatic rings. The van der Waals surface area contributed by atoms with Gasteiger partial charge in [0.15, 0.2) is 0 Å². The second-order valence-corrected chi connectivity index (χ2v) is 5.70. The Labute approximate surface area is 131 Å². The van der Waals surface area contributed by atoms with Crippen molar-refractivity contribution in [3.05, 3.63) is 59.2 Å². The zero-order valence-corrected chi connectivity index (χ0v) is 12.5. The number of likely N-dealkylation sites (tertiary alicyclic amines) is 1. The van der Waals surface area contributed by atoms with Gasteiger partial charge in [-0.15, -0.1) is 0 Å². The fourth-order valence-corrected chi connectivity index (χ4v) is 2.67. The van der Waals surface area contributed by atoms with Gasteiger partial charge in [-0.3, -0.25) is 4.90 Å². The minimum atomic E-state index is 0.0943. The molecule has 1 fully saturated rings. The van der Waals surface area contributed by atoms with E-state index in [2.05, 4.69) is 41.0 Å². The molecule has 0 saturated carbocycles. The maximum Gasteiger partial charge on any atom is 0.138 e. The third kappa shape index (κ3) is 3.60. The average Bonchev–Trinajstić information content (AvgIpc) is 3.03. The molecule has 2 aromatic carbocycles. The van der Waals surface area contributed by atoms with Crippen LogP contribution in [0.15, 0.2) is 42.5 Å². The van der Waals surface area contributed by atoms with Gasteiger partial charge in [0, 0.05) is 17.7 Å². The molecule has 0 aromatic heterocycles. The number of nitrogens with zero attached hydrogens (tertiary/aromatic N) is 1. The molecule has 22 heavy (non-hydrogen) atoms. The number of hydrogen-bond donors (Lipinski definition) is 2. The molecule has 0 amide bonds. The number of phenolic OH excluding ortho intramolecular Hbond substituents is 1. The highest BCUT2D eigenvalue weighted by molar-refractivity contribution is 5.57. The lowest BCUT2D eigenvalue weighted by molar-refractivity contribution is 0.331. The first-order valence-corrected chi connectivity index (χ1v) is 7.62. The zero-order chi connectivity index (χ0) is 15.4. The van der Waals surface area contributed by atoms with E-state index in [1.807, 2.05) is 0 Å². The smallest absolute Gasteiger partial charge is 0.138 e. The summed E-state index contributed by atoms with van der Waals surface area (Å²) in [5.41, 5.74) is 9.14. The molecular weight excluding hydrogens is 272 g/mol. The van der Waals surface area contributed by atoms with Crippen LogP contribution in [0.3, 0.4) is 0 Å². The number of nitrogens with two attached hydrogens (primary N) is 1. The van der Waals surface area contributed by atoms with Crippen molar-refractivity contribution in [2.24, 2.45) is 0 Å². The van der Waals surface area contributed by atoms with Crippen molar-refractivity contribution in [1.82, 2.24) is 4.90 Å². The Morgan fingerprint density at radius 2 is 1.59 bits per heavy atom. The van der Waals surface area contributed by atoms with Crippen LogP contribution in [0.5, 0.6) is 5.75 Å². The van der Waals surface area contributed by atoms with Crippen LogP contribution < -0.4 is 5.73 Å². The van der Waals surface area contributed by atoms with E-state index in [4.69, 9.17) is 5.73 Å². The summed E-state index contributed by atoms with van der Waals surface area (Å²) in [4.78, 5) is 2.49. The fourth-order valence-electron chi connectivity index (χ4n) is 2.67. The molecule has 1 aliphatic heterocycles. The highest BCUT2D eigenvalue weighted by atomic mass is 16.3. The number of rotatable bonds is 2. The third-order valence-corrected chi connectivity index (χ3v) is 3.94. The topological polar surface area (TPSA) is 49.5 Å². The van der Waals surface area contributed by atoms with Crippen LogP contribution in [0.4, 0.5) is 5.69 Å². The summed E-state index contributed by atoms with van der Waals surface area (Å²) in [5, 5.41) is 9.40. The van der Waals surface area contributed by atoms with Gasteiger partial charge in [0.05, 0.1) is 5.69 Å². The number of anilines is 1. The molecule has 0 aliphatic carbocycles. The van der Waals surface area contributed by atoms with Crippen molar-refractivity contribution in [2.45, 2.75) is 19.4 Å². The minimum absolute atomic E-state index is 0.0943. The minimum Gasteiger partial charge on any atom is -0.506 e. The molecule has 1 heterocycles. The Kier molecular flexibility index (Phi) is 4.32. The SMILES string of the molecule is Nc1cc(C#Cc2ccc(CN3CCCC3)cc2)ccc1O. The summed E-state index contributed by atoms with van der Waals surface area (Å²) in [6, 6.07) is 13.4. The molecule has 0 radical (unpaired) electrons. The molecule has 2 aromatic rings. The lowest BCUT2D eigenvalue weighted by Crippen LogP contribution is -2.18. The quantitative estimate of drug-likeness (QED) is 0.508. The van der Waals surface area contributed by atoms with Crippen LogP contribution >= 0.6 is 0 Å². The standard InChI is InChI=1S/C19H20N2O/c20-18-13-16(9-10-19(18)22)6-3-15-4-7-17(8-5-15)14-21-11-1-2-12-21/h4-5,7-10,13,22H,1-2,11-12,14,20H2. The lowest BCUT2D eigenvalue weighted by Gasteiger charge is -2.14. The fraction of sp³-hybridized carbons (Fsp3) is 0.263. The molecule has 3 N–H and O–H groups in total. The van der Waals surface area contributed by atoms with Gasteiger partial charge in [-0.1, -0.05) is 24.0 Å². The normalized spacial score (nSPS) is 14.5. The summed E-state index contributed by atoms with van der Waals surface area (Å²) in [5.74, 6) is 6.29. The lowest BCUT2D eigenvalue weighted by atomic mass is 10.1. The van der Waals surface area contributed by atoms with E-state index in [0.29, 0.717) is 5.69 Å². The first-order chi connectivity index (χ1) is 10.7. The van der Waals surface area contributed by atoms with Crippen molar-refractivity contribution in [3.8, 4) is 17.6 Å². The number of nitrogen functional groups attached to an aromatic ring is 1. The summed E-state index contributed by atoms with van der Waals surface area (Å²) < 4.78 is 0. The summed E-state index contributed by atoms with van der Waals surface area (Å²) in [6.45, 7) is 3.45. The molecule has 112 valence electrons. The van der Waals surface area contributed by atoms with Gasteiger partial charge in [0.25, 0.3) is 0 Å². The average molecular weight is 292 g/mol. The number of benzene rings is 2. The second kappa shape index (κ2) is 6.55. The van der Waals surface area contributed by atoms with Crippen molar-refractivity contribution < 1.29 is 5.11 Å². The predicted octanol–water partition coefficient (Wildman–Crippen LogP) is 2.97. The molecular formula is C19H20N2O. The largest absolute Gasteiger partial charge is 0.506 e. The molecule has 3 rings (SSSR count). The van der Waals surface area contributed by atoms with Crippen LogP contribution in [0.25, 0.3) is 0 Å². The third-order valence-electron chi connectivity index (χ3n) is 3.94. The van der Waals surface area contributed by atoms with E-state index in [9.17, 15) is 5.11 Å². The van der Waals surface area contributed by atoms with Gasteiger partial charge in [0.1, 0.15) is 5.75 Å². The highest BCUT2D eigenvalue weighted by Gasteiger charge is 2.11. The number of phenols is 1. The maximum atomic E-state index is 9.40. The van der Waals surface area contributed by atoms with E-state index < -0.39 is 0 Å². The predicted molar refractivity (Wildman–Crippen MR) is 89.5 cm³/mol. The first kappa shape index (κ1) is 14.5. The van der Waals surface area contributed by atoms with E-state index in [-0.39, 0.29) is 5.75 Å². The van der Waals surface area contributed by atoms with Crippen LogP contribution in [0, 0.1) is 11.8 Å². The Morgan fingerprint density at radius 1 is 0.955 bits per heavy atom. The van der Waals surface area contributed by atoms with Crippen LogP contribution in [0.1, 0.15) is 29.5 Å². The maximum absolute atomic E-state index is 9.40. The molecule has 0 bridgehead atoms. The monoisotopic (exact) mass is 292 g/mol. The van der Waals surface area contributed by atoms with Crippen LogP contribution in [-0.4, -0.2) is 23.1 Å². The van der Waals surface area contributed by atoms with E-state index >= 15 is 0 Å². The van der Waals surface area contributed by atoms with Crippen LogP contribution in [0.2, 0.25) is 0 Å². The van der Waals surface area contributed by atoms with Crippen molar-refractivity contribution >= 4 is 5.69 Å². The van der Waals surface area contributed by atoms with Gasteiger partial charge < -0.3 is 10.8 Å². The van der Waals surface area contributed by atoms with E-state index in [0.717, 1.165) is 17.7 Å². The molecule has 0 atom stereocenters. The van der Waals surface area contributed by atoms with Gasteiger partial charge >= 0.3 is 0 Å². The summed E-state index contributed by atoms with van der Waals surface area (Å²) >= 11 is 0. The molecule has 3 heteroatoms. The van der Waals surface area contributed by atoms with E-state index in [1.165, 1.54) is 31.5 Å². The molecule has 0 spiro atoms. The number of hydrogen-bond acceptors (Lipinski definition) is 3. The van der Waals surface area contributed by atoms with Gasteiger partial charge in [-0.05, 0) is 61.8 Å². The van der Waals surface area contributed by atoms with Gasteiger partial charge in [0.2, 0.25) is 0 Å². The summed E-state index contributed by atoms with van der Waals surface area (Å²) in [7, 11) is 0. The summed E-state index contributed by atoms with van der Waals surface area (Å²) in [6.07, 6.45) is 2.64. The number of aromatic hydroxyl groups is 1.